The Morgan fingerprint density at radius 3 is 1.81 bits per heavy atom. The second-order valence-corrected chi connectivity index (χ2v) is 11.7. The molecule has 0 saturated heterocycles. The molecular formula is C41H34N2. The van der Waals surface area contributed by atoms with E-state index in [2.05, 4.69) is 168 Å². The summed E-state index contributed by atoms with van der Waals surface area (Å²) in [5, 5.41) is 5.44. The highest BCUT2D eigenvalue weighted by atomic mass is 15.2. The predicted molar refractivity (Wildman–Crippen MR) is 183 cm³/mol. The van der Waals surface area contributed by atoms with Crippen molar-refractivity contribution in [3.8, 4) is 0 Å². The van der Waals surface area contributed by atoms with Gasteiger partial charge in [-0.05, 0) is 94.6 Å². The predicted octanol–water partition coefficient (Wildman–Crippen LogP) is 10.8. The molecule has 2 aliphatic rings. The SMILES string of the molecule is CC1C=CC=CC1N(c1ccccc1)c1ccc2c3c1ccc1ccc(N(c4ccccc4)c4ccccc4)c(c13)CC2. The summed E-state index contributed by atoms with van der Waals surface area (Å²) in [5.74, 6) is 0.390. The van der Waals surface area contributed by atoms with E-state index in [1.165, 1.54) is 61.1 Å². The second kappa shape index (κ2) is 10.6. The molecule has 8 rings (SSSR count). The smallest absolute Gasteiger partial charge is 0.0585 e. The highest BCUT2D eigenvalue weighted by Gasteiger charge is 2.28. The van der Waals surface area contributed by atoms with Gasteiger partial charge >= 0.3 is 0 Å². The van der Waals surface area contributed by atoms with Crippen molar-refractivity contribution < 1.29 is 0 Å². The van der Waals surface area contributed by atoms with Gasteiger partial charge in [-0.1, -0.05) is 110 Å². The third-order valence-electron chi connectivity index (χ3n) is 9.19. The molecule has 0 N–H and O–H groups in total. The van der Waals surface area contributed by atoms with Crippen molar-refractivity contribution in [2.45, 2.75) is 25.8 Å². The fourth-order valence-electron chi connectivity index (χ4n) is 7.19. The highest BCUT2D eigenvalue weighted by molar-refractivity contribution is 6.17. The number of rotatable bonds is 6. The number of benzene rings is 6. The Hall–Kier alpha value is -5.08. The van der Waals surface area contributed by atoms with Crippen molar-refractivity contribution in [2.24, 2.45) is 5.92 Å². The van der Waals surface area contributed by atoms with E-state index in [9.17, 15) is 0 Å². The van der Waals surface area contributed by atoms with E-state index in [0.717, 1.165) is 12.8 Å². The van der Waals surface area contributed by atoms with Crippen LogP contribution >= 0.6 is 0 Å². The molecule has 0 bridgehead atoms. The summed E-state index contributed by atoms with van der Waals surface area (Å²) in [6, 6.07) is 46.8. The number of allylic oxidation sites excluding steroid dienone is 2. The van der Waals surface area contributed by atoms with Gasteiger partial charge in [0.05, 0.1) is 6.04 Å². The van der Waals surface area contributed by atoms with Crippen molar-refractivity contribution in [1.82, 2.24) is 0 Å². The van der Waals surface area contributed by atoms with Crippen LogP contribution in [0.25, 0.3) is 21.5 Å². The van der Waals surface area contributed by atoms with Gasteiger partial charge < -0.3 is 9.80 Å². The van der Waals surface area contributed by atoms with Crippen LogP contribution in [0.3, 0.4) is 0 Å². The van der Waals surface area contributed by atoms with Crippen LogP contribution in [-0.2, 0) is 12.8 Å². The first-order valence-corrected chi connectivity index (χ1v) is 15.4. The van der Waals surface area contributed by atoms with Crippen LogP contribution in [0.1, 0.15) is 18.1 Å². The van der Waals surface area contributed by atoms with Gasteiger partial charge in [-0.3, -0.25) is 0 Å². The molecule has 6 aromatic rings. The van der Waals surface area contributed by atoms with E-state index >= 15 is 0 Å². The monoisotopic (exact) mass is 554 g/mol. The molecule has 208 valence electrons. The Morgan fingerprint density at radius 1 is 0.535 bits per heavy atom. The first kappa shape index (κ1) is 25.6. The average molecular weight is 555 g/mol. The van der Waals surface area contributed by atoms with Gasteiger partial charge in [0, 0.05) is 33.8 Å². The third-order valence-corrected chi connectivity index (χ3v) is 9.19. The molecule has 0 radical (unpaired) electrons. The van der Waals surface area contributed by atoms with Crippen LogP contribution in [0.4, 0.5) is 28.4 Å². The van der Waals surface area contributed by atoms with Crippen molar-refractivity contribution in [1.29, 1.82) is 0 Å². The van der Waals surface area contributed by atoms with Gasteiger partial charge in [-0.2, -0.15) is 0 Å². The maximum Gasteiger partial charge on any atom is 0.0585 e. The summed E-state index contributed by atoms with van der Waals surface area (Å²) >= 11 is 0. The molecule has 43 heavy (non-hydrogen) atoms. The Balaban J connectivity index is 1.39. The Kier molecular flexibility index (Phi) is 6.34. The summed E-state index contributed by atoms with van der Waals surface area (Å²) in [5.41, 5.74) is 8.99. The third kappa shape index (κ3) is 4.33. The lowest BCUT2D eigenvalue weighted by Gasteiger charge is -2.37. The van der Waals surface area contributed by atoms with E-state index in [1.54, 1.807) is 0 Å². The van der Waals surface area contributed by atoms with Crippen LogP contribution in [0.15, 0.2) is 152 Å². The van der Waals surface area contributed by atoms with Crippen LogP contribution in [-0.4, -0.2) is 6.04 Å². The molecule has 0 aliphatic heterocycles. The Morgan fingerprint density at radius 2 is 1.14 bits per heavy atom. The van der Waals surface area contributed by atoms with Gasteiger partial charge in [0.1, 0.15) is 0 Å². The van der Waals surface area contributed by atoms with Crippen LogP contribution in [0.5, 0.6) is 0 Å². The standard InChI is InChI=1S/C41H34N2/c1-29-13-11-12-20-37(29)43(34-18-9-4-10-19-34)39-28-24-31-21-25-35-38(27-23-30-22-26-36(39)41(31)40(30)35)42(32-14-5-2-6-15-32)33-16-7-3-8-17-33/h2-20,22-24,26-29,37H,21,25H2,1H3. The minimum atomic E-state index is 0.234. The van der Waals surface area contributed by atoms with Gasteiger partial charge in [-0.15, -0.1) is 0 Å². The quantitative estimate of drug-likeness (QED) is 0.189. The lowest BCUT2D eigenvalue weighted by atomic mass is 9.84. The molecular weight excluding hydrogens is 520 g/mol. The molecule has 2 nitrogen and oxygen atoms in total. The maximum atomic E-state index is 2.55. The lowest BCUT2D eigenvalue weighted by Crippen LogP contribution is -2.35. The number of anilines is 5. The first-order chi connectivity index (χ1) is 21.3. The summed E-state index contributed by atoms with van der Waals surface area (Å²) in [6.07, 6.45) is 11.1. The van der Waals surface area contributed by atoms with Crippen LogP contribution in [0, 0.1) is 5.92 Å². The lowest BCUT2D eigenvalue weighted by molar-refractivity contribution is 0.610. The molecule has 6 aromatic carbocycles. The fourth-order valence-corrected chi connectivity index (χ4v) is 7.19. The molecule has 2 unspecified atom stereocenters. The largest absolute Gasteiger partial charge is 0.333 e. The van der Waals surface area contributed by atoms with E-state index in [0.29, 0.717) is 5.92 Å². The topological polar surface area (TPSA) is 6.48 Å². The van der Waals surface area contributed by atoms with E-state index in [4.69, 9.17) is 0 Å². The molecule has 2 atom stereocenters. The Bertz CT molecular complexity index is 1950. The number of nitrogens with zero attached hydrogens (tertiary/aromatic N) is 2. The van der Waals surface area contributed by atoms with Crippen molar-refractivity contribution in [3.05, 3.63) is 163 Å². The minimum Gasteiger partial charge on any atom is -0.333 e. The number of para-hydroxylation sites is 3. The van der Waals surface area contributed by atoms with Crippen molar-refractivity contribution in [3.63, 3.8) is 0 Å². The molecule has 0 saturated carbocycles. The summed E-state index contributed by atoms with van der Waals surface area (Å²) in [7, 11) is 0. The zero-order chi connectivity index (χ0) is 28.8. The van der Waals surface area contributed by atoms with Crippen LogP contribution < -0.4 is 9.80 Å². The maximum absolute atomic E-state index is 2.55. The van der Waals surface area contributed by atoms with E-state index in [-0.39, 0.29) is 6.04 Å². The summed E-state index contributed by atoms with van der Waals surface area (Å²) in [6.45, 7) is 2.32. The zero-order valence-corrected chi connectivity index (χ0v) is 24.4. The second-order valence-electron chi connectivity index (χ2n) is 11.7. The minimum absolute atomic E-state index is 0.234. The fraction of sp³-hybridized carbons (Fsp3) is 0.122. The van der Waals surface area contributed by atoms with Gasteiger partial charge in [0.15, 0.2) is 0 Å². The molecule has 0 heterocycles. The molecule has 2 aliphatic carbocycles. The van der Waals surface area contributed by atoms with E-state index in [1.807, 2.05) is 0 Å². The molecule has 2 heteroatoms. The number of aryl methyl sites for hydroxylation is 2. The summed E-state index contributed by atoms with van der Waals surface area (Å²) < 4.78 is 0. The molecule has 0 aromatic heterocycles. The summed E-state index contributed by atoms with van der Waals surface area (Å²) in [4.78, 5) is 4.98. The van der Waals surface area contributed by atoms with E-state index < -0.39 is 0 Å². The number of hydrogen-bond acceptors (Lipinski definition) is 2. The molecule has 0 fully saturated rings. The van der Waals surface area contributed by atoms with Gasteiger partial charge in [-0.25, -0.2) is 0 Å². The molecule has 0 spiro atoms. The van der Waals surface area contributed by atoms with Crippen molar-refractivity contribution >= 4 is 50.0 Å². The van der Waals surface area contributed by atoms with Gasteiger partial charge in [0.25, 0.3) is 0 Å². The highest BCUT2D eigenvalue weighted by Crippen LogP contribution is 2.47. The van der Waals surface area contributed by atoms with Gasteiger partial charge in [0.2, 0.25) is 0 Å². The van der Waals surface area contributed by atoms with Crippen LogP contribution in [0.2, 0.25) is 0 Å². The number of hydrogen-bond donors (Lipinski definition) is 0. The molecule has 0 amide bonds. The zero-order valence-electron chi connectivity index (χ0n) is 24.4. The normalized spacial score (nSPS) is 17.0. The average Bonchev–Trinajstić information content (AvgIpc) is 3.07. The first-order valence-electron chi connectivity index (χ1n) is 15.4. The van der Waals surface area contributed by atoms with Crippen molar-refractivity contribution in [2.75, 3.05) is 9.80 Å². The Labute approximate surface area is 253 Å².